The van der Waals surface area contributed by atoms with Gasteiger partial charge in [-0.15, -0.1) is 0 Å². The molecule has 0 saturated heterocycles. The Bertz CT molecular complexity index is 463. The molecule has 0 unspecified atom stereocenters. The average Bonchev–Trinajstić information content (AvgIpc) is 2.12. The Hall–Kier alpha value is -1.57. The van der Waals surface area contributed by atoms with Crippen LogP contribution in [0.25, 0.3) is 10.9 Å². The van der Waals surface area contributed by atoms with E-state index >= 15 is 0 Å². The van der Waals surface area contributed by atoms with Crippen LogP contribution in [-0.2, 0) is 7.05 Å². The molecule has 0 bridgehead atoms. The highest BCUT2D eigenvalue weighted by atomic mass is 16.3. The van der Waals surface area contributed by atoms with Gasteiger partial charge in [-0.1, -0.05) is 6.07 Å². The summed E-state index contributed by atoms with van der Waals surface area (Å²) >= 11 is 0. The van der Waals surface area contributed by atoms with Crippen molar-refractivity contribution >= 4 is 10.9 Å². The van der Waals surface area contributed by atoms with Crippen molar-refractivity contribution in [1.29, 1.82) is 0 Å². The molecule has 1 aromatic carbocycles. The molecule has 0 aliphatic carbocycles. The Morgan fingerprint density at radius 3 is 2.69 bits per heavy atom. The monoisotopic (exact) mass is 174 g/mol. The highest BCUT2D eigenvalue weighted by Gasteiger charge is 2.11. The normalized spacial score (nSPS) is 10.6. The summed E-state index contributed by atoms with van der Waals surface area (Å²) in [7, 11) is 1.96. The molecule has 2 rings (SSSR count). The zero-order valence-electron chi connectivity index (χ0n) is 7.78. The van der Waals surface area contributed by atoms with Crippen LogP contribution < -0.4 is 4.57 Å². The molecule has 0 atom stereocenters. The topological polar surface area (TPSA) is 24.1 Å². The van der Waals surface area contributed by atoms with Crippen LogP contribution in [0.2, 0.25) is 0 Å². The number of aromatic nitrogens is 1. The fourth-order valence-electron chi connectivity index (χ4n) is 1.55. The lowest BCUT2D eigenvalue weighted by Crippen LogP contribution is -2.32. The van der Waals surface area contributed by atoms with E-state index in [2.05, 4.69) is 0 Å². The van der Waals surface area contributed by atoms with Crippen LogP contribution in [0, 0.1) is 6.92 Å². The second kappa shape index (κ2) is 2.73. The van der Waals surface area contributed by atoms with E-state index in [4.69, 9.17) is 0 Å². The Morgan fingerprint density at radius 1 is 1.15 bits per heavy atom. The fraction of sp³-hybridized carbons (Fsp3) is 0.182. The molecular formula is C11H12NO+. The molecule has 1 heterocycles. The molecule has 0 fully saturated rings. The lowest BCUT2D eigenvalue weighted by atomic mass is 10.2. The number of fused-ring (bicyclic) bond motifs is 1. The summed E-state index contributed by atoms with van der Waals surface area (Å²) in [5, 5.41) is 10.7. The molecule has 0 aliphatic heterocycles. The van der Waals surface area contributed by atoms with Crippen molar-refractivity contribution in [3.63, 3.8) is 0 Å². The molecule has 0 aliphatic rings. The number of phenols is 1. The summed E-state index contributed by atoms with van der Waals surface area (Å²) in [6.45, 7) is 2.02. The smallest absolute Gasteiger partial charge is 0.254 e. The minimum atomic E-state index is 0.337. The van der Waals surface area contributed by atoms with Gasteiger partial charge in [-0.2, -0.15) is 4.57 Å². The predicted octanol–water partition coefficient (Wildman–Crippen LogP) is 1.68. The van der Waals surface area contributed by atoms with E-state index < -0.39 is 0 Å². The van der Waals surface area contributed by atoms with Crippen LogP contribution in [0.3, 0.4) is 0 Å². The van der Waals surface area contributed by atoms with Crippen molar-refractivity contribution in [3.05, 3.63) is 36.0 Å². The van der Waals surface area contributed by atoms with E-state index in [1.54, 1.807) is 6.07 Å². The van der Waals surface area contributed by atoms with E-state index in [0.29, 0.717) is 5.75 Å². The Balaban J connectivity index is 2.97. The molecule has 0 amide bonds. The van der Waals surface area contributed by atoms with Gasteiger partial charge in [-0.25, -0.2) is 0 Å². The first-order valence-electron chi connectivity index (χ1n) is 4.27. The van der Waals surface area contributed by atoms with Gasteiger partial charge >= 0.3 is 0 Å². The van der Waals surface area contributed by atoms with Crippen molar-refractivity contribution in [2.75, 3.05) is 0 Å². The van der Waals surface area contributed by atoms with Crippen molar-refractivity contribution in [3.8, 4) is 5.75 Å². The van der Waals surface area contributed by atoms with Crippen molar-refractivity contribution in [2.45, 2.75) is 6.92 Å². The van der Waals surface area contributed by atoms with Gasteiger partial charge in [-0.3, -0.25) is 0 Å². The van der Waals surface area contributed by atoms with Gasteiger partial charge in [0.2, 0.25) is 0 Å². The number of aromatic hydroxyl groups is 1. The van der Waals surface area contributed by atoms with Crippen LogP contribution >= 0.6 is 0 Å². The first-order valence-corrected chi connectivity index (χ1v) is 4.27. The summed E-state index contributed by atoms with van der Waals surface area (Å²) in [5.41, 5.74) is 2.02. The Morgan fingerprint density at radius 2 is 1.92 bits per heavy atom. The lowest BCUT2D eigenvalue weighted by Gasteiger charge is -2.00. The third-order valence-electron chi connectivity index (χ3n) is 2.41. The van der Waals surface area contributed by atoms with E-state index in [-0.39, 0.29) is 0 Å². The summed E-state index contributed by atoms with van der Waals surface area (Å²) < 4.78 is 1.99. The van der Waals surface area contributed by atoms with Gasteiger partial charge in [0.25, 0.3) is 5.52 Å². The van der Waals surface area contributed by atoms with Crippen LogP contribution in [0.4, 0.5) is 0 Å². The minimum absolute atomic E-state index is 0.337. The average molecular weight is 174 g/mol. The first-order chi connectivity index (χ1) is 6.20. The summed E-state index contributed by atoms with van der Waals surface area (Å²) in [6.07, 6.45) is 0. The quantitative estimate of drug-likeness (QED) is 0.604. The molecule has 13 heavy (non-hydrogen) atoms. The maximum absolute atomic E-state index is 9.66. The van der Waals surface area contributed by atoms with Crippen molar-refractivity contribution in [1.82, 2.24) is 0 Å². The number of phenolic OH excluding ortho intramolecular Hbond substituents is 1. The number of nitrogens with zero attached hydrogens (tertiary/aromatic N) is 1. The predicted molar refractivity (Wildman–Crippen MR) is 51.5 cm³/mol. The highest BCUT2D eigenvalue weighted by molar-refractivity contribution is 5.81. The largest absolute Gasteiger partial charge is 0.502 e. The Kier molecular flexibility index (Phi) is 1.69. The third-order valence-corrected chi connectivity index (χ3v) is 2.41. The summed E-state index contributed by atoms with van der Waals surface area (Å²) in [5.74, 6) is 0.337. The SMILES string of the molecule is Cc1ccc2cccc(O)c2[n+]1C. The molecule has 0 radical (unpaired) electrons. The van der Waals surface area contributed by atoms with Crippen molar-refractivity contribution < 1.29 is 9.67 Å². The number of benzene rings is 1. The van der Waals surface area contributed by atoms with Crippen LogP contribution in [0.5, 0.6) is 5.75 Å². The molecule has 0 saturated carbocycles. The molecule has 1 N–H and O–H groups in total. The molecule has 2 nitrogen and oxygen atoms in total. The zero-order chi connectivity index (χ0) is 9.42. The van der Waals surface area contributed by atoms with Gasteiger partial charge in [0.1, 0.15) is 7.05 Å². The number of rotatable bonds is 0. The fourth-order valence-corrected chi connectivity index (χ4v) is 1.55. The van der Waals surface area contributed by atoms with E-state index in [9.17, 15) is 5.11 Å². The summed E-state index contributed by atoms with van der Waals surface area (Å²) in [6, 6.07) is 9.62. The molecule has 0 spiro atoms. The number of aryl methyl sites for hydroxylation is 2. The van der Waals surface area contributed by atoms with Gasteiger partial charge in [0, 0.05) is 13.0 Å². The number of hydrogen-bond acceptors (Lipinski definition) is 1. The van der Waals surface area contributed by atoms with Crippen LogP contribution in [-0.4, -0.2) is 5.11 Å². The zero-order valence-corrected chi connectivity index (χ0v) is 7.78. The van der Waals surface area contributed by atoms with Gasteiger partial charge < -0.3 is 5.11 Å². The highest BCUT2D eigenvalue weighted by Crippen LogP contribution is 2.20. The maximum Gasteiger partial charge on any atom is 0.254 e. The number of hydrogen-bond donors (Lipinski definition) is 1. The lowest BCUT2D eigenvalue weighted by molar-refractivity contribution is -0.651. The van der Waals surface area contributed by atoms with Crippen LogP contribution in [0.15, 0.2) is 30.3 Å². The molecule has 2 aromatic rings. The molecule has 2 heteroatoms. The van der Waals surface area contributed by atoms with E-state index in [0.717, 1.165) is 16.6 Å². The maximum atomic E-state index is 9.66. The number of para-hydroxylation sites is 1. The van der Waals surface area contributed by atoms with Gasteiger partial charge in [0.15, 0.2) is 11.4 Å². The van der Waals surface area contributed by atoms with Crippen LogP contribution in [0.1, 0.15) is 5.69 Å². The minimum Gasteiger partial charge on any atom is -0.502 e. The van der Waals surface area contributed by atoms with Crippen molar-refractivity contribution in [2.24, 2.45) is 7.05 Å². The number of pyridine rings is 1. The van der Waals surface area contributed by atoms with E-state index in [1.165, 1.54) is 0 Å². The van der Waals surface area contributed by atoms with Gasteiger partial charge in [0.05, 0.1) is 5.39 Å². The standard InChI is InChI=1S/C11H11NO/c1-8-6-7-9-4-3-5-10(13)11(9)12(8)2/h3-7H,1-2H3/p+1. The third kappa shape index (κ3) is 1.15. The second-order valence-corrected chi connectivity index (χ2v) is 3.25. The van der Waals surface area contributed by atoms with E-state index in [1.807, 2.05) is 42.8 Å². The molecule has 1 aromatic heterocycles. The summed E-state index contributed by atoms with van der Waals surface area (Å²) in [4.78, 5) is 0. The second-order valence-electron chi connectivity index (χ2n) is 3.25. The first kappa shape index (κ1) is 8.05. The molecular weight excluding hydrogens is 162 g/mol. The Labute approximate surface area is 77.1 Å². The van der Waals surface area contributed by atoms with Gasteiger partial charge in [-0.05, 0) is 18.2 Å². The molecule has 66 valence electrons.